The predicted octanol–water partition coefficient (Wildman–Crippen LogP) is 20.7. The molecule has 5 aliphatic carbocycles. The van der Waals surface area contributed by atoms with Gasteiger partial charge >= 0.3 is 0 Å². The van der Waals surface area contributed by atoms with Gasteiger partial charge in [0.1, 0.15) is 0 Å². The molecule has 1 aromatic heterocycles. The highest BCUT2D eigenvalue weighted by molar-refractivity contribution is 7.33. The van der Waals surface area contributed by atoms with Crippen LogP contribution in [-0.4, -0.2) is 12.3 Å². The molecule has 0 bridgehead atoms. The minimum Gasteiger partial charge on any atom is -0.334 e. The Labute approximate surface area is 516 Å². The topological polar surface area (TPSA) is 9.72 Å². The van der Waals surface area contributed by atoms with Crippen molar-refractivity contribution in [3.63, 3.8) is 0 Å². The molecular weight excluding hydrogens is 1050 g/mol. The maximum absolute atomic E-state index is 2.93. The lowest BCUT2D eigenvalue weighted by Crippen LogP contribution is -2.61. The molecule has 0 saturated heterocycles. The number of anilines is 8. The third-order valence-electron chi connectivity index (χ3n) is 25.6. The van der Waals surface area contributed by atoms with Crippen LogP contribution in [0.1, 0.15) is 263 Å². The normalized spacial score (nSPS) is 25.8. The molecule has 442 valence electrons. The number of thiophene rings is 1. The van der Waals surface area contributed by atoms with Crippen molar-refractivity contribution < 1.29 is 0 Å². The second-order valence-electron chi connectivity index (χ2n) is 34.8. The second kappa shape index (κ2) is 17.3. The van der Waals surface area contributed by atoms with E-state index in [4.69, 9.17) is 0 Å². The summed E-state index contributed by atoms with van der Waals surface area (Å²) in [5, 5.41) is 1.42. The van der Waals surface area contributed by atoms with Crippen molar-refractivity contribution >= 4 is 89.3 Å². The first-order valence-corrected chi connectivity index (χ1v) is 34.2. The zero-order chi connectivity index (χ0) is 60.3. The van der Waals surface area contributed by atoms with Gasteiger partial charge in [0.25, 0.3) is 6.71 Å². The van der Waals surface area contributed by atoms with E-state index < -0.39 is 0 Å². The Morgan fingerprint density at radius 3 is 1.38 bits per heavy atom. The van der Waals surface area contributed by atoms with Gasteiger partial charge in [-0.15, -0.1) is 11.3 Å². The minimum atomic E-state index is -0.140. The predicted molar refractivity (Wildman–Crippen MR) is 369 cm³/mol. The Morgan fingerprint density at radius 1 is 0.388 bits per heavy atom. The summed E-state index contributed by atoms with van der Waals surface area (Å²) in [7, 11) is 0. The summed E-state index contributed by atoms with van der Waals surface area (Å²) in [5.74, 6) is 0. The molecule has 0 N–H and O–H groups in total. The van der Waals surface area contributed by atoms with E-state index >= 15 is 0 Å². The SMILES string of the molecule is Cc1cc(C)c2c(c1)N(c1cc3c4c(c1)N(c1ccc5c(c1)C(C)(C)CCC5(C)C)c1c(sc5cc6c(cc15)C(C)(C)CCC6(C)C)B4c1cc4c(cc1N3c1ccc3c(c1)C(C)(C)CCC3(C)C)C(C)(C)CCC4(C)C)C1(C)CCCCC21C. The summed E-state index contributed by atoms with van der Waals surface area (Å²) in [5.41, 5.74) is 30.7. The van der Waals surface area contributed by atoms with Gasteiger partial charge in [0.15, 0.2) is 0 Å². The summed E-state index contributed by atoms with van der Waals surface area (Å²) in [6.45, 7) is 50.4. The van der Waals surface area contributed by atoms with E-state index in [-0.39, 0.29) is 61.0 Å². The highest BCUT2D eigenvalue weighted by Gasteiger charge is 2.59. The van der Waals surface area contributed by atoms with Crippen LogP contribution >= 0.6 is 11.3 Å². The maximum atomic E-state index is 2.93. The van der Waals surface area contributed by atoms with Crippen LogP contribution in [0.25, 0.3) is 10.1 Å². The lowest BCUT2D eigenvalue weighted by Gasteiger charge is -2.51. The first kappa shape index (κ1) is 56.3. The summed E-state index contributed by atoms with van der Waals surface area (Å²) in [6, 6.07) is 37.1. The Hall–Kier alpha value is -5.26. The molecule has 5 heteroatoms. The molecule has 8 aliphatic rings. The van der Waals surface area contributed by atoms with Crippen LogP contribution in [0.3, 0.4) is 0 Å². The van der Waals surface area contributed by atoms with Crippen LogP contribution in [0, 0.1) is 13.8 Å². The number of benzene rings is 6. The maximum Gasteiger partial charge on any atom is 0.264 e. The lowest BCUT2D eigenvalue weighted by atomic mass is 9.35. The van der Waals surface area contributed by atoms with Gasteiger partial charge in [-0.2, -0.15) is 0 Å². The van der Waals surface area contributed by atoms with Gasteiger partial charge in [-0.05, 0) is 261 Å². The van der Waals surface area contributed by atoms with Gasteiger partial charge in [-0.3, -0.25) is 0 Å². The Kier molecular flexibility index (Phi) is 11.5. The average molecular weight is 1140 g/mol. The Balaban J connectivity index is 1.13. The van der Waals surface area contributed by atoms with E-state index in [1.807, 2.05) is 0 Å². The molecular formula is C80H98BN3S. The molecule has 0 radical (unpaired) electrons. The van der Waals surface area contributed by atoms with Crippen LogP contribution < -0.4 is 30.4 Å². The third-order valence-corrected chi connectivity index (χ3v) is 26.8. The van der Waals surface area contributed by atoms with E-state index in [1.165, 1.54) is 181 Å². The smallest absolute Gasteiger partial charge is 0.264 e. The highest BCUT2D eigenvalue weighted by Crippen LogP contribution is 2.64. The lowest BCUT2D eigenvalue weighted by molar-refractivity contribution is 0.194. The summed E-state index contributed by atoms with van der Waals surface area (Å²) < 4.78 is 2.93. The van der Waals surface area contributed by atoms with Crippen molar-refractivity contribution in [1.82, 2.24) is 0 Å². The van der Waals surface area contributed by atoms with Gasteiger partial charge in [-0.1, -0.05) is 155 Å². The molecule has 1 fully saturated rings. The van der Waals surface area contributed by atoms with Crippen LogP contribution in [-0.2, 0) is 48.7 Å². The van der Waals surface area contributed by atoms with Crippen molar-refractivity contribution in [3.8, 4) is 0 Å². The molecule has 6 aromatic carbocycles. The molecule has 85 heavy (non-hydrogen) atoms. The molecule has 1 saturated carbocycles. The molecule has 4 heterocycles. The molecule has 15 rings (SSSR count). The van der Waals surface area contributed by atoms with Crippen LogP contribution in [0.2, 0.25) is 0 Å². The molecule has 2 atom stereocenters. The fourth-order valence-corrected chi connectivity index (χ4v) is 20.8. The molecule has 3 aliphatic heterocycles. The van der Waals surface area contributed by atoms with E-state index in [9.17, 15) is 0 Å². The van der Waals surface area contributed by atoms with Gasteiger partial charge < -0.3 is 14.7 Å². The fourth-order valence-electron chi connectivity index (χ4n) is 19.5. The number of nitrogens with zero attached hydrogens (tertiary/aromatic N) is 3. The van der Waals surface area contributed by atoms with Gasteiger partial charge in [0.2, 0.25) is 0 Å². The minimum absolute atomic E-state index is 0.0123. The first-order valence-electron chi connectivity index (χ1n) is 33.4. The van der Waals surface area contributed by atoms with Crippen molar-refractivity contribution in [2.75, 3.05) is 14.7 Å². The number of rotatable bonds is 3. The molecule has 7 aromatic rings. The van der Waals surface area contributed by atoms with Gasteiger partial charge in [-0.25, -0.2) is 0 Å². The van der Waals surface area contributed by atoms with E-state index in [2.05, 4.69) is 249 Å². The van der Waals surface area contributed by atoms with E-state index in [0.717, 1.165) is 6.42 Å². The van der Waals surface area contributed by atoms with Crippen molar-refractivity contribution in [2.45, 2.75) is 270 Å². The first-order chi connectivity index (χ1) is 39.6. The standard InChI is InChI=1S/C80H98BN3S/c1-47-37-48(2)67-63(38-47)84(80(20)28-22-21-27-79(67,80)19)51-41-64-68-65(42-51)83(50-24-26-54-56(40-50)74(9,10)32-30-72(54,5)6)69-52-43-57-60(78(17,18)36-33-75(57,11)12)46-66(52)85-70(69)81(68)61-44-58-59(77(15,16)35-34-76(58,13)14)45-62(61)82(64)49-23-25-53-55(39-49)73(7,8)31-29-71(53,3)4/h23-26,37-46H,21-22,27-36H2,1-20H3. The molecule has 3 nitrogen and oxygen atoms in total. The Morgan fingerprint density at radius 2 is 0.835 bits per heavy atom. The highest BCUT2D eigenvalue weighted by atomic mass is 32.1. The molecule has 0 spiro atoms. The van der Waals surface area contributed by atoms with Crippen LogP contribution in [0.15, 0.2) is 84.9 Å². The number of hydrogen-bond acceptors (Lipinski definition) is 4. The van der Waals surface area contributed by atoms with E-state index in [1.54, 1.807) is 22.3 Å². The largest absolute Gasteiger partial charge is 0.334 e. The zero-order valence-electron chi connectivity index (χ0n) is 55.9. The van der Waals surface area contributed by atoms with Gasteiger partial charge in [0.05, 0.1) is 11.2 Å². The molecule has 2 unspecified atom stereocenters. The number of aryl methyl sites for hydroxylation is 2. The zero-order valence-corrected chi connectivity index (χ0v) is 56.7. The van der Waals surface area contributed by atoms with Crippen molar-refractivity contribution in [2.24, 2.45) is 0 Å². The van der Waals surface area contributed by atoms with Crippen LogP contribution in [0.5, 0.6) is 0 Å². The summed E-state index contributed by atoms with van der Waals surface area (Å²) in [4.78, 5) is 8.63. The Bertz CT molecular complexity index is 4080. The second-order valence-corrected chi connectivity index (χ2v) is 35.9. The number of hydrogen-bond donors (Lipinski definition) is 0. The quantitative estimate of drug-likeness (QED) is 0.163. The summed E-state index contributed by atoms with van der Waals surface area (Å²) in [6.07, 6.45) is 14.3. The van der Waals surface area contributed by atoms with Crippen molar-refractivity contribution in [1.29, 1.82) is 0 Å². The van der Waals surface area contributed by atoms with E-state index in [0.29, 0.717) is 0 Å². The third kappa shape index (κ3) is 7.62. The number of fused-ring (bicyclic) bond motifs is 13. The monoisotopic (exact) mass is 1140 g/mol. The molecule has 0 amide bonds. The average Bonchev–Trinajstić information content (AvgIpc) is 1.68. The van der Waals surface area contributed by atoms with Crippen molar-refractivity contribution in [3.05, 3.63) is 146 Å². The fraction of sp³-hybridized carbons (Fsp3) is 0.525. The van der Waals surface area contributed by atoms with Gasteiger partial charge in [0, 0.05) is 60.1 Å². The summed E-state index contributed by atoms with van der Waals surface area (Å²) >= 11 is 2.12. The van der Waals surface area contributed by atoms with Crippen LogP contribution in [0.4, 0.5) is 45.5 Å².